The van der Waals surface area contributed by atoms with Crippen LogP contribution in [0.25, 0.3) is 0 Å². The minimum absolute atomic E-state index is 0.0254. The number of carbonyl (C=O) groups is 2. The van der Waals surface area contributed by atoms with E-state index < -0.39 is 41.1 Å². The van der Waals surface area contributed by atoms with Gasteiger partial charge >= 0.3 is 12.1 Å². The molecule has 0 unspecified atom stereocenters. The van der Waals surface area contributed by atoms with Crippen molar-refractivity contribution in [3.63, 3.8) is 0 Å². The first-order valence-electron chi connectivity index (χ1n) is 9.90. The predicted octanol–water partition coefficient (Wildman–Crippen LogP) is 4.83. The molecule has 2 heterocycles. The van der Waals surface area contributed by atoms with Crippen LogP contribution >= 0.6 is 11.3 Å². The molecule has 1 saturated heterocycles. The van der Waals surface area contributed by atoms with Gasteiger partial charge in [0, 0.05) is 23.0 Å². The Balaban J connectivity index is 2.13. The number of alkyl halides is 3. The molecule has 0 spiro atoms. The average Bonchev–Trinajstić information content (AvgIpc) is 3.32. The van der Waals surface area contributed by atoms with Gasteiger partial charge in [0.15, 0.2) is 0 Å². The first kappa shape index (κ1) is 23.3. The Hall–Kier alpha value is -2.39. The highest BCUT2D eigenvalue weighted by molar-refractivity contribution is 7.10. The van der Waals surface area contributed by atoms with E-state index in [1.165, 1.54) is 16.2 Å². The number of amides is 1. The molecule has 1 amide bonds. The zero-order valence-electron chi connectivity index (χ0n) is 17.1. The second-order valence-corrected chi connectivity index (χ2v) is 9.27. The van der Waals surface area contributed by atoms with Crippen LogP contribution in [0.3, 0.4) is 0 Å². The molecule has 0 radical (unpaired) electrons. The Morgan fingerprint density at radius 1 is 1.23 bits per heavy atom. The fourth-order valence-electron chi connectivity index (χ4n) is 4.50. The molecule has 2 aromatic rings. The second-order valence-electron chi connectivity index (χ2n) is 8.29. The topological polar surface area (TPSA) is 77.8 Å². The van der Waals surface area contributed by atoms with E-state index in [4.69, 9.17) is 0 Å². The first-order valence-corrected chi connectivity index (χ1v) is 10.8. The number of benzene rings is 1. The molecule has 1 aliphatic rings. The maximum Gasteiger partial charge on any atom is 0.416 e. The summed E-state index contributed by atoms with van der Waals surface area (Å²) in [6, 6.07) is 6.65. The van der Waals surface area contributed by atoms with Crippen molar-refractivity contribution in [2.24, 2.45) is 11.8 Å². The lowest BCUT2D eigenvalue weighted by atomic mass is 9.84. The van der Waals surface area contributed by atoms with Crippen LogP contribution in [0.2, 0.25) is 0 Å². The number of likely N-dealkylation sites (tertiary alicyclic amines) is 1. The number of hydrogen-bond acceptors (Lipinski definition) is 4. The number of carbonyl (C=O) groups excluding carboxylic acids is 1. The zero-order valence-corrected chi connectivity index (χ0v) is 17.9. The summed E-state index contributed by atoms with van der Waals surface area (Å²) in [7, 11) is 0. The summed E-state index contributed by atoms with van der Waals surface area (Å²) in [6.07, 6.45) is -4.32. The standard InChI is InChI=1S/C22H24F3NO4S/c1-13(2)10-21(20(29)30)11-15(12-27)18(17-4-3-9-31-17)26(21)19(28)14-5-7-16(8-6-14)22(23,24)25/h3-9,13,15,18,27H,10-12H2,1-2H3,(H,29,30)/t15-,18-,21+/m1/s1. The fraction of sp³-hybridized carbons (Fsp3) is 0.455. The van der Waals surface area contributed by atoms with E-state index in [9.17, 15) is 33.0 Å². The molecule has 1 fully saturated rings. The summed E-state index contributed by atoms with van der Waals surface area (Å²) in [5.41, 5.74) is -2.49. The Kier molecular flexibility index (Phi) is 6.48. The van der Waals surface area contributed by atoms with E-state index in [-0.39, 0.29) is 30.9 Å². The number of carboxylic acid groups (broad SMARTS) is 1. The highest BCUT2D eigenvalue weighted by Gasteiger charge is 2.59. The summed E-state index contributed by atoms with van der Waals surface area (Å²) < 4.78 is 38.8. The number of carboxylic acids is 1. The van der Waals surface area contributed by atoms with Gasteiger partial charge in [-0.05, 0) is 54.5 Å². The van der Waals surface area contributed by atoms with Gasteiger partial charge in [-0.25, -0.2) is 4.79 Å². The van der Waals surface area contributed by atoms with Gasteiger partial charge in [-0.2, -0.15) is 13.2 Å². The molecule has 0 saturated carbocycles. The van der Waals surface area contributed by atoms with Crippen LogP contribution in [0, 0.1) is 11.8 Å². The fourth-order valence-corrected chi connectivity index (χ4v) is 5.41. The van der Waals surface area contributed by atoms with E-state index >= 15 is 0 Å². The Bertz CT molecular complexity index is 927. The molecule has 3 atom stereocenters. The maximum absolute atomic E-state index is 13.6. The van der Waals surface area contributed by atoms with Gasteiger partial charge in [0.25, 0.3) is 5.91 Å². The number of rotatable bonds is 6. The summed E-state index contributed by atoms with van der Waals surface area (Å²) >= 11 is 1.35. The van der Waals surface area contributed by atoms with Gasteiger partial charge in [0.2, 0.25) is 0 Å². The van der Waals surface area contributed by atoms with Gasteiger partial charge in [-0.3, -0.25) is 4.79 Å². The number of aliphatic hydroxyl groups excluding tert-OH is 1. The van der Waals surface area contributed by atoms with Crippen LogP contribution in [-0.2, 0) is 11.0 Å². The first-order chi connectivity index (χ1) is 14.5. The summed E-state index contributed by atoms with van der Waals surface area (Å²) in [5.74, 6) is -2.42. The SMILES string of the molecule is CC(C)C[C@@]1(C(=O)O)C[C@H](CO)[C@H](c2cccs2)N1C(=O)c1ccc(C(F)(F)F)cc1. The van der Waals surface area contributed by atoms with Gasteiger partial charge in [0.05, 0.1) is 11.6 Å². The molecule has 3 rings (SSSR count). The minimum atomic E-state index is -4.54. The molecule has 1 aromatic heterocycles. The van der Waals surface area contributed by atoms with Crippen LogP contribution in [0.15, 0.2) is 41.8 Å². The summed E-state index contributed by atoms with van der Waals surface area (Å²) in [5, 5.41) is 22.1. The molecule has 1 aliphatic heterocycles. The number of halogens is 3. The van der Waals surface area contributed by atoms with Crippen molar-refractivity contribution in [3.8, 4) is 0 Å². The third kappa shape index (κ3) is 4.34. The molecule has 168 valence electrons. The second kappa shape index (κ2) is 8.63. The van der Waals surface area contributed by atoms with Crippen LogP contribution in [0.4, 0.5) is 13.2 Å². The van der Waals surface area contributed by atoms with Crippen molar-refractivity contribution in [2.75, 3.05) is 6.61 Å². The van der Waals surface area contributed by atoms with Crippen LogP contribution < -0.4 is 0 Å². The Morgan fingerprint density at radius 3 is 2.32 bits per heavy atom. The lowest BCUT2D eigenvalue weighted by molar-refractivity contribution is -0.150. The summed E-state index contributed by atoms with van der Waals surface area (Å²) in [6.45, 7) is 3.38. The van der Waals surface area contributed by atoms with Crippen molar-refractivity contribution < 1.29 is 33.0 Å². The predicted molar refractivity (Wildman–Crippen MR) is 110 cm³/mol. The lowest BCUT2D eigenvalue weighted by Crippen LogP contribution is -2.54. The molecular formula is C22H24F3NO4S. The lowest BCUT2D eigenvalue weighted by Gasteiger charge is -2.39. The molecule has 0 bridgehead atoms. The molecule has 1 aromatic carbocycles. The van der Waals surface area contributed by atoms with Crippen molar-refractivity contribution in [1.29, 1.82) is 0 Å². The number of hydrogen-bond donors (Lipinski definition) is 2. The van der Waals surface area contributed by atoms with Gasteiger partial charge < -0.3 is 15.1 Å². The van der Waals surface area contributed by atoms with Crippen molar-refractivity contribution in [1.82, 2.24) is 4.90 Å². The molecule has 31 heavy (non-hydrogen) atoms. The zero-order chi connectivity index (χ0) is 23.0. The smallest absolute Gasteiger partial charge is 0.416 e. The average molecular weight is 455 g/mol. The van der Waals surface area contributed by atoms with E-state index in [1.807, 2.05) is 13.8 Å². The van der Waals surface area contributed by atoms with E-state index in [1.54, 1.807) is 17.5 Å². The largest absolute Gasteiger partial charge is 0.479 e. The van der Waals surface area contributed by atoms with Crippen LogP contribution in [0.1, 0.15) is 53.5 Å². The van der Waals surface area contributed by atoms with Crippen LogP contribution in [0.5, 0.6) is 0 Å². The Labute approximate surface area is 182 Å². The van der Waals surface area contributed by atoms with Crippen molar-refractivity contribution in [2.45, 2.75) is 44.4 Å². The number of nitrogens with zero attached hydrogens (tertiary/aromatic N) is 1. The highest BCUT2D eigenvalue weighted by atomic mass is 32.1. The number of aliphatic hydroxyl groups is 1. The van der Waals surface area contributed by atoms with Crippen molar-refractivity contribution >= 4 is 23.2 Å². The summed E-state index contributed by atoms with van der Waals surface area (Å²) in [4.78, 5) is 28.1. The highest BCUT2D eigenvalue weighted by Crippen LogP contribution is 2.51. The van der Waals surface area contributed by atoms with E-state index in [0.717, 1.165) is 29.1 Å². The molecular weight excluding hydrogens is 431 g/mol. The van der Waals surface area contributed by atoms with E-state index in [2.05, 4.69) is 0 Å². The van der Waals surface area contributed by atoms with Crippen LogP contribution in [-0.4, -0.2) is 39.1 Å². The van der Waals surface area contributed by atoms with Crippen molar-refractivity contribution in [3.05, 3.63) is 57.8 Å². The third-order valence-electron chi connectivity index (χ3n) is 5.68. The van der Waals surface area contributed by atoms with E-state index in [0.29, 0.717) is 0 Å². The number of thiophene rings is 1. The maximum atomic E-state index is 13.6. The Morgan fingerprint density at radius 2 is 1.87 bits per heavy atom. The van der Waals surface area contributed by atoms with Gasteiger partial charge in [-0.15, -0.1) is 11.3 Å². The normalized spacial score (nSPS) is 24.0. The molecule has 0 aliphatic carbocycles. The third-order valence-corrected chi connectivity index (χ3v) is 6.62. The van der Waals surface area contributed by atoms with Gasteiger partial charge in [0.1, 0.15) is 5.54 Å². The molecule has 2 N–H and O–H groups in total. The molecule has 5 nitrogen and oxygen atoms in total. The van der Waals surface area contributed by atoms with Gasteiger partial charge in [-0.1, -0.05) is 19.9 Å². The monoisotopic (exact) mass is 455 g/mol. The quantitative estimate of drug-likeness (QED) is 0.654. The minimum Gasteiger partial charge on any atom is -0.479 e. The number of aliphatic carboxylic acids is 1. The molecule has 9 heteroatoms.